The van der Waals surface area contributed by atoms with E-state index in [0.717, 1.165) is 35.6 Å². The molecule has 3 unspecified atom stereocenters. The van der Waals surface area contributed by atoms with E-state index in [0.29, 0.717) is 6.04 Å². The lowest BCUT2D eigenvalue weighted by atomic mass is 9.95. The molecule has 1 N–H and O–H groups in total. The Morgan fingerprint density at radius 2 is 2.18 bits per heavy atom. The highest BCUT2D eigenvalue weighted by molar-refractivity contribution is 5.38. The fourth-order valence-electron chi connectivity index (χ4n) is 3.50. The van der Waals surface area contributed by atoms with Crippen molar-refractivity contribution in [3.8, 4) is 0 Å². The fraction of sp³-hybridized carbons (Fsp3) is 0.714. The molecule has 2 fully saturated rings. The summed E-state index contributed by atoms with van der Waals surface area (Å²) in [6.45, 7) is 4.12. The number of anilines is 1. The van der Waals surface area contributed by atoms with E-state index in [9.17, 15) is 0 Å². The Bertz CT molecular complexity index is 416. The molecule has 2 aliphatic carbocycles. The fourth-order valence-corrected chi connectivity index (χ4v) is 3.50. The smallest absolute Gasteiger partial charge is 0.130 e. The molecular weight excluding hydrogens is 210 g/mol. The van der Waals surface area contributed by atoms with Crippen LogP contribution in [0.4, 0.5) is 5.82 Å². The van der Waals surface area contributed by atoms with Gasteiger partial charge in [0.15, 0.2) is 0 Å². The molecule has 0 spiro atoms. The molecule has 3 heteroatoms. The summed E-state index contributed by atoms with van der Waals surface area (Å²) in [6.07, 6.45) is 6.62. The normalized spacial score (nSPS) is 30.8. The van der Waals surface area contributed by atoms with Crippen LogP contribution in [0.2, 0.25) is 0 Å². The van der Waals surface area contributed by atoms with Gasteiger partial charge >= 0.3 is 0 Å². The molecule has 92 valence electrons. The number of aryl methyl sites for hydroxylation is 2. The predicted molar refractivity (Wildman–Crippen MR) is 69.0 cm³/mol. The zero-order chi connectivity index (χ0) is 11.8. The third kappa shape index (κ3) is 2.15. The van der Waals surface area contributed by atoms with Crippen molar-refractivity contribution in [1.29, 1.82) is 0 Å². The first-order valence-electron chi connectivity index (χ1n) is 6.85. The first-order valence-corrected chi connectivity index (χ1v) is 6.85. The number of hydrogen-bond acceptors (Lipinski definition) is 3. The molecule has 17 heavy (non-hydrogen) atoms. The Kier molecular flexibility index (Phi) is 2.77. The Morgan fingerprint density at radius 3 is 2.82 bits per heavy atom. The van der Waals surface area contributed by atoms with Crippen molar-refractivity contribution in [3.05, 3.63) is 17.6 Å². The molecule has 0 radical (unpaired) electrons. The van der Waals surface area contributed by atoms with Crippen LogP contribution < -0.4 is 5.32 Å². The third-order valence-electron chi connectivity index (χ3n) is 4.32. The standard InChI is InChI=1S/C14H21N3/c1-3-12-8-14(16-9(2)15-12)17-13-7-10-4-5-11(13)6-10/h8,10-11,13H,3-7H2,1-2H3,(H,15,16,17). The number of aromatic nitrogens is 2. The summed E-state index contributed by atoms with van der Waals surface area (Å²) in [7, 11) is 0. The first-order chi connectivity index (χ1) is 8.24. The van der Waals surface area contributed by atoms with E-state index >= 15 is 0 Å². The monoisotopic (exact) mass is 231 g/mol. The molecular formula is C14H21N3. The van der Waals surface area contributed by atoms with Gasteiger partial charge in [-0.2, -0.15) is 0 Å². The summed E-state index contributed by atoms with van der Waals surface area (Å²) in [5, 5.41) is 3.64. The zero-order valence-electron chi connectivity index (χ0n) is 10.7. The summed E-state index contributed by atoms with van der Waals surface area (Å²) in [4.78, 5) is 8.93. The maximum Gasteiger partial charge on any atom is 0.130 e. The van der Waals surface area contributed by atoms with E-state index < -0.39 is 0 Å². The number of hydrogen-bond donors (Lipinski definition) is 1. The molecule has 0 amide bonds. The molecule has 0 aliphatic heterocycles. The first kappa shape index (κ1) is 11.0. The van der Waals surface area contributed by atoms with E-state index in [-0.39, 0.29) is 0 Å². The summed E-state index contributed by atoms with van der Waals surface area (Å²) in [5.74, 6) is 3.79. The minimum absolute atomic E-state index is 0.660. The van der Waals surface area contributed by atoms with Crippen molar-refractivity contribution in [2.75, 3.05) is 5.32 Å². The Hall–Kier alpha value is -1.12. The number of rotatable bonds is 3. The van der Waals surface area contributed by atoms with E-state index in [2.05, 4.69) is 28.3 Å². The predicted octanol–water partition coefficient (Wildman–Crippen LogP) is 2.95. The molecule has 0 aromatic carbocycles. The molecule has 3 nitrogen and oxygen atoms in total. The average Bonchev–Trinajstić information content (AvgIpc) is 2.90. The molecule has 1 aromatic rings. The van der Waals surface area contributed by atoms with Gasteiger partial charge in [-0.15, -0.1) is 0 Å². The van der Waals surface area contributed by atoms with Gasteiger partial charge in [0, 0.05) is 17.8 Å². The molecule has 1 aromatic heterocycles. The van der Waals surface area contributed by atoms with E-state index in [1.165, 1.54) is 25.7 Å². The zero-order valence-corrected chi connectivity index (χ0v) is 10.7. The highest BCUT2D eigenvalue weighted by Gasteiger charge is 2.39. The molecule has 3 atom stereocenters. The second-order valence-corrected chi connectivity index (χ2v) is 5.57. The molecule has 1 heterocycles. The summed E-state index contributed by atoms with van der Waals surface area (Å²) in [6, 6.07) is 2.77. The second-order valence-electron chi connectivity index (χ2n) is 5.57. The Labute approximate surface area is 103 Å². The Balaban J connectivity index is 1.74. The van der Waals surface area contributed by atoms with Crippen LogP contribution in [0.1, 0.15) is 44.1 Å². The van der Waals surface area contributed by atoms with E-state index in [1.54, 1.807) is 0 Å². The van der Waals surface area contributed by atoms with Crippen molar-refractivity contribution in [1.82, 2.24) is 9.97 Å². The van der Waals surface area contributed by atoms with Gasteiger partial charge in [0.2, 0.25) is 0 Å². The van der Waals surface area contributed by atoms with Gasteiger partial charge in [-0.05, 0) is 44.4 Å². The largest absolute Gasteiger partial charge is 0.367 e. The third-order valence-corrected chi connectivity index (χ3v) is 4.32. The summed E-state index contributed by atoms with van der Waals surface area (Å²) < 4.78 is 0. The van der Waals surface area contributed by atoms with Gasteiger partial charge in [-0.3, -0.25) is 0 Å². The van der Waals surface area contributed by atoms with Crippen molar-refractivity contribution >= 4 is 5.82 Å². The van der Waals surface area contributed by atoms with Crippen LogP contribution in [-0.2, 0) is 6.42 Å². The molecule has 0 saturated heterocycles. The van der Waals surface area contributed by atoms with Crippen molar-refractivity contribution in [2.24, 2.45) is 11.8 Å². The van der Waals surface area contributed by atoms with Crippen molar-refractivity contribution in [2.45, 2.75) is 52.0 Å². The van der Waals surface area contributed by atoms with Crippen LogP contribution in [0.5, 0.6) is 0 Å². The quantitative estimate of drug-likeness (QED) is 0.869. The lowest BCUT2D eigenvalue weighted by molar-refractivity contribution is 0.439. The topological polar surface area (TPSA) is 37.8 Å². The van der Waals surface area contributed by atoms with Crippen molar-refractivity contribution < 1.29 is 0 Å². The maximum atomic E-state index is 4.51. The van der Waals surface area contributed by atoms with Gasteiger partial charge < -0.3 is 5.32 Å². The van der Waals surface area contributed by atoms with Gasteiger partial charge in [0.05, 0.1) is 0 Å². The second kappa shape index (κ2) is 4.28. The number of nitrogens with zero attached hydrogens (tertiary/aromatic N) is 2. The molecule has 2 bridgehead atoms. The summed E-state index contributed by atoms with van der Waals surface area (Å²) in [5.41, 5.74) is 1.14. The van der Waals surface area contributed by atoms with Crippen molar-refractivity contribution in [3.63, 3.8) is 0 Å². The highest BCUT2D eigenvalue weighted by atomic mass is 15.1. The number of fused-ring (bicyclic) bond motifs is 2. The van der Waals surface area contributed by atoms with Gasteiger partial charge in [-0.25, -0.2) is 9.97 Å². The summed E-state index contributed by atoms with van der Waals surface area (Å²) >= 11 is 0. The van der Waals surface area contributed by atoms with Crippen LogP contribution >= 0.6 is 0 Å². The highest BCUT2D eigenvalue weighted by Crippen LogP contribution is 2.45. The molecule has 2 saturated carbocycles. The molecule has 3 rings (SSSR count). The van der Waals surface area contributed by atoms with Crippen LogP contribution in [0, 0.1) is 18.8 Å². The SMILES string of the molecule is CCc1cc(NC2CC3CCC2C3)nc(C)n1. The number of nitrogens with one attached hydrogen (secondary N) is 1. The minimum Gasteiger partial charge on any atom is -0.367 e. The van der Waals surface area contributed by atoms with E-state index in [4.69, 9.17) is 0 Å². The minimum atomic E-state index is 0.660. The average molecular weight is 231 g/mol. The maximum absolute atomic E-state index is 4.51. The van der Waals surface area contributed by atoms with Crippen LogP contribution in [-0.4, -0.2) is 16.0 Å². The van der Waals surface area contributed by atoms with Crippen LogP contribution in [0.25, 0.3) is 0 Å². The van der Waals surface area contributed by atoms with Gasteiger partial charge in [0.1, 0.15) is 11.6 Å². The van der Waals surface area contributed by atoms with Gasteiger partial charge in [-0.1, -0.05) is 13.3 Å². The Morgan fingerprint density at radius 1 is 1.29 bits per heavy atom. The lowest BCUT2D eigenvalue weighted by Crippen LogP contribution is -2.26. The van der Waals surface area contributed by atoms with Crippen LogP contribution in [0.15, 0.2) is 6.07 Å². The lowest BCUT2D eigenvalue weighted by Gasteiger charge is -2.23. The van der Waals surface area contributed by atoms with Gasteiger partial charge in [0.25, 0.3) is 0 Å². The molecule has 2 aliphatic rings. The van der Waals surface area contributed by atoms with E-state index in [1.807, 2.05) is 6.92 Å². The van der Waals surface area contributed by atoms with Crippen LogP contribution in [0.3, 0.4) is 0 Å².